The maximum Gasteiger partial charge on any atom is 0.330 e. The van der Waals surface area contributed by atoms with Crippen LogP contribution in [0.4, 0.5) is 0 Å². The van der Waals surface area contributed by atoms with E-state index in [0.29, 0.717) is 6.61 Å². The molecule has 0 N–H and O–H groups in total. The van der Waals surface area contributed by atoms with E-state index in [1.54, 1.807) is 13.2 Å². The average Bonchev–Trinajstić information content (AvgIpc) is 2.50. The lowest BCUT2D eigenvalue weighted by molar-refractivity contribution is -0.138. The van der Waals surface area contributed by atoms with Gasteiger partial charge in [0.2, 0.25) is 0 Å². The molecule has 0 aromatic heterocycles. The summed E-state index contributed by atoms with van der Waals surface area (Å²) in [6, 6.07) is 7.48. The lowest BCUT2D eigenvalue weighted by Gasteiger charge is -2.16. The second-order valence-corrected chi connectivity index (χ2v) is 4.30. The van der Waals surface area contributed by atoms with Crippen molar-refractivity contribution in [3.8, 4) is 5.75 Å². The number of nitrogens with zero attached hydrogens (tertiary/aromatic N) is 1. The Hall–Kier alpha value is -1.81. The van der Waals surface area contributed by atoms with Gasteiger partial charge in [-0.1, -0.05) is 26.0 Å². The lowest BCUT2D eigenvalue weighted by atomic mass is 10.2. The fourth-order valence-electron chi connectivity index (χ4n) is 1.74. The van der Waals surface area contributed by atoms with E-state index < -0.39 is 0 Å². The molecule has 0 saturated carbocycles. The summed E-state index contributed by atoms with van der Waals surface area (Å²) in [6.07, 6.45) is 3.18. The van der Waals surface area contributed by atoms with Crippen molar-refractivity contribution < 1.29 is 14.3 Å². The van der Waals surface area contributed by atoms with Crippen molar-refractivity contribution in [3.05, 3.63) is 35.9 Å². The molecule has 110 valence electrons. The normalized spacial score (nSPS) is 11.0. The van der Waals surface area contributed by atoms with Crippen LogP contribution in [0, 0.1) is 0 Å². The molecule has 0 fully saturated rings. The standard InChI is InChI=1S/C16H23NO3/c1-4-17(5-2)12-13-20-16(18)11-8-14-6-9-15(19-3)10-7-14/h6-11H,4-5,12-13H2,1-3H3/b11-8-. The van der Waals surface area contributed by atoms with E-state index in [9.17, 15) is 4.79 Å². The summed E-state index contributed by atoms with van der Waals surface area (Å²) in [7, 11) is 1.62. The van der Waals surface area contributed by atoms with E-state index >= 15 is 0 Å². The van der Waals surface area contributed by atoms with Crippen LogP contribution in [0.5, 0.6) is 5.75 Å². The third-order valence-corrected chi connectivity index (χ3v) is 3.07. The summed E-state index contributed by atoms with van der Waals surface area (Å²) in [4.78, 5) is 13.8. The van der Waals surface area contributed by atoms with Crippen molar-refractivity contribution in [2.75, 3.05) is 33.4 Å². The molecule has 0 aliphatic carbocycles. The molecule has 1 aromatic carbocycles. The molecule has 0 heterocycles. The summed E-state index contributed by atoms with van der Waals surface area (Å²) in [6.45, 7) is 7.32. The summed E-state index contributed by atoms with van der Waals surface area (Å²) >= 11 is 0. The molecule has 20 heavy (non-hydrogen) atoms. The summed E-state index contributed by atoms with van der Waals surface area (Å²) in [5, 5.41) is 0. The Bertz CT molecular complexity index is 422. The van der Waals surface area contributed by atoms with Crippen molar-refractivity contribution in [2.24, 2.45) is 0 Å². The minimum absolute atomic E-state index is 0.312. The van der Waals surface area contributed by atoms with Crippen molar-refractivity contribution in [1.82, 2.24) is 4.90 Å². The smallest absolute Gasteiger partial charge is 0.330 e. The molecule has 1 aromatic rings. The Kier molecular flexibility index (Phi) is 7.43. The Balaban J connectivity index is 2.35. The molecule has 1 rings (SSSR count). The predicted molar refractivity (Wildman–Crippen MR) is 80.8 cm³/mol. The number of esters is 1. The first-order chi connectivity index (χ1) is 9.69. The van der Waals surface area contributed by atoms with Crippen LogP contribution in [0.25, 0.3) is 6.08 Å². The van der Waals surface area contributed by atoms with Crippen molar-refractivity contribution >= 4 is 12.0 Å². The van der Waals surface area contributed by atoms with Gasteiger partial charge in [0.25, 0.3) is 0 Å². The number of carbonyl (C=O) groups excluding carboxylic acids is 1. The van der Waals surface area contributed by atoms with E-state index in [1.165, 1.54) is 6.08 Å². The van der Waals surface area contributed by atoms with E-state index in [-0.39, 0.29) is 5.97 Å². The Morgan fingerprint density at radius 1 is 1.20 bits per heavy atom. The third-order valence-electron chi connectivity index (χ3n) is 3.07. The van der Waals surface area contributed by atoms with E-state index in [4.69, 9.17) is 9.47 Å². The topological polar surface area (TPSA) is 38.8 Å². The molecule has 0 atom stereocenters. The van der Waals surface area contributed by atoms with E-state index in [0.717, 1.165) is 30.9 Å². The molecule has 0 amide bonds. The highest BCUT2D eigenvalue weighted by molar-refractivity contribution is 5.87. The zero-order valence-corrected chi connectivity index (χ0v) is 12.5. The van der Waals surface area contributed by atoms with Gasteiger partial charge in [-0.2, -0.15) is 0 Å². The van der Waals surface area contributed by atoms with Gasteiger partial charge >= 0.3 is 5.97 Å². The zero-order chi connectivity index (χ0) is 14.8. The minimum atomic E-state index is -0.312. The highest BCUT2D eigenvalue weighted by atomic mass is 16.5. The molecule has 0 bridgehead atoms. The van der Waals surface area contributed by atoms with E-state index in [1.807, 2.05) is 24.3 Å². The van der Waals surface area contributed by atoms with Crippen molar-refractivity contribution in [3.63, 3.8) is 0 Å². The molecule has 0 unspecified atom stereocenters. The Labute approximate surface area is 121 Å². The van der Waals surface area contributed by atoms with Gasteiger partial charge < -0.3 is 14.4 Å². The van der Waals surface area contributed by atoms with Crippen LogP contribution in [0.2, 0.25) is 0 Å². The van der Waals surface area contributed by atoms with Gasteiger partial charge in [-0.25, -0.2) is 4.79 Å². The number of carbonyl (C=O) groups is 1. The van der Waals surface area contributed by atoms with Gasteiger partial charge in [0.05, 0.1) is 7.11 Å². The average molecular weight is 277 g/mol. The van der Waals surface area contributed by atoms with Gasteiger partial charge in [-0.05, 0) is 36.9 Å². The molecule has 0 aliphatic heterocycles. The molecule has 0 spiro atoms. The maximum absolute atomic E-state index is 11.5. The number of likely N-dealkylation sites (N-methyl/N-ethyl adjacent to an activating group) is 1. The molecule has 0 aliphatic rings. The number of benzene rings is 1. The molecule has 0 radical (unpaired) electrons. The molecule has 4 nitrogen and oxygen atoms in total. The van der Waals surface area contributed by atoms with Gasteiger partial charge in [-0.15, -0.1) is 0 Å². The number of ether oxygens (including phenoxy) is 2. The number of rotatable bonds is 8. The van der Waals surface area contributed by atoms with Crippen molar-refractivity contribution in [1.29, 1.82) is 0 Å². The first-order valence-corrected chi connectivity index (χ1v) is 6.90. The fraction of sp³-hybridized carbons (Fsp3) is 0.438. The molecule has 4 heteroatoms. The maximum atomic E-state index is 11.5. The number of methoxy groups -OCH3 is 1. The first kappa shape index (κ1) is 16.2. The monoisotopic (exact) mass is 277 g/mol. The highest BCUT2D eigenvalue weighted by Crippen LogP contribution is 2.12. The van der Waals surface area contributed by atoms with Gasteiger partial charge in [0, 0.05) is 12.6 Å². The van der Waals surface area contributed by atoms with Crippen LogP contribution >= 0.6 is 0 Å². The van der Waals surface area contributed by atoms with E-state index in [2.05, 4.69) is 18.7 Å². The predicted octanol–water partition coefficient (Wildman–Crippen LogP) is 2.59. The fourth-order valence-corrected chi connectivity index (χ4v) is 1.74. The summed E-state index contributed by atoms with van der Waals surface area (Å²) in [5.41, 5.74) is 0.937. The number of hydrogen-bond acceptors (Lipinski definition) is 4. The van der Waals surface area contributed by atoms with Crippen LogP contribution < -0.4 is 4.74 Å². The highest BCUT2D eigenvalue weighted by Gasteiger charge is 2.01. The quantitative estimate of drug-likeness (QED) is 0.541. The second kappa shape index (κ2) is 9.15. The zero-order valence-electron chi connectivity index (χ0n) is 12.5. The summed E-state index contributed by atoms with van der Waals surface area (Å²) in [5.74, 6) is 0.483. The minimum Gasteiger partial charge on any atom is -0.497 e. The SMILES string of the molecule is CCN(CC)CCOC(=O)/C=C\c1ccc(OC)cc1. The summed E-state index contributed by atoms with van der Waals surface area (Å²) < 4.78 is 10.2. The molecular formula is C16H23NO3. The van der Waals surface area contributed by atoms with Crippen LogP contribution in [0.3, 0.4) is 0 Å². The van der Waals surface area contributed by atoms with Gasteiger partial charge in [-0.3, -0.25) is 0 Å². The Morgan fingerprint density at radius 3 is 2.40 bits per heavy atom. The lowest BCUT2D eigenvalue weighted by Crippen LogP contribution is -2.27. The van der Waals surface area contributed by atoms with Crippen LogP contribution in [0.1, 0.15) is 19.4 Å². The van der Waals surface area contributed by atoms with Crippen LogP contribution in [-0.4, -0.2) is 44.2 Å². The number of hydrogen-bond donors (Lipinski definition) is 0. The van der Waals surface area contributed by atoms with Gasteiger partial charge in [0.15, 0.2) is 0 Å². The van der Waals surface area contributed by atoms with Crippen LogP contribution in [0.15, 0.2) is 30.3 Å². The molecule has 0 saturated heterocycles. The third kappa shape index (κ3) is 5.89. The van der Waals surface area contributed by atoms with Crippen molar-refractivity contribution in [2.45, 2.75) is 13.8 Å². The largest absolute Gasteiger partial charge is 0.497 e. The first-order valence-electron chi connectivity index (χ1n) is 6.90. The Morgan fingerprint density at radius 2 is 1.85 bits per heavy atom. The van der Waals surface area contributed by atoms with Crippen LogP contribution in [-0.2, 0) is 9.53 Å². The van der Waals surface area contributed by atoms with Gasteiger partial charge in [0.1, 0.15) is 12.4 Å². The molecular weight excluding hydrogens is 254 g/mol. The second-order valence-electron chi connectivity index (χ2n) is 4.30.